The minimum atomic E-state index is 0.250. The van der Waals surface area contributed by atoms with Crippen LogP contribution in [0.3, 0.4) is 0 Å². The van der Waals surface area contributed by atoms with Crippen LogP contribution in [0.25, 0.3) is 0 Å². The van der Waals surface area contributed by atoms with E-state index in [-0.39, 0.29) is 6.04 Å². The number of ether oxygens (including phenoxy) is 1. The van der Waals surface area contributed by atoms with E-state index in [4.69, 9.17) is 16.3 Å². The molecule has 2 aromatic rings. The predicted octanol–water partition coefficient (Wildman–Crippen LogP) is 2.77. The van der Waals surface area contributed by atoms with Gasteiger partial charge in [0.1, 0.15) is 12.4 Å². The Bertz CT molecular complexity index is 524. The van der Waals surface area contributed by atoms with Gasteiger partial charge >= 0.3 is 0 Å². The summed E-state index contributed by atoms with van der Waals surface area (Å²) in [4.78, 5) is 0. The standard InChI is InChI=1S/C15H20ClN3O/c1-3-19-10-12(9-18-19)8-14(17-2)11-20-15-6-4-13(16)5-7-15/h4-7,9-10,14,17H,3,8,11H2,1-2H3. The van der Waals surface area contributed by atoms with Gasteiger partial charge in [0.25, 0.3) is 0 Å². The molecule has 0 radical (unpaired) electrons. The smallest absolute Gasteiger partial charge is 0.119 e. The lowest BCUT2D eigenvalue weighted by molar-refractivity contribution is 0.270. The molecule has 4 nitrogen and oxygen atoms in total. The summed E-state index contributed by atoms with van der Waals surface area (Å²) in [6.07, 6.45) is 4.88. The maximum atomic E-state index is 5.85. The van der Waals surface area contributed by atoms with Crippen LogP contribution in [0.5, 0.6) is 5.75 Å². The maximum Gasteiger partial charge on any atom is 0.119 e. The molecule has 0 bridgehead atoms. The first-order valence-electron chi connectivity index (χ1n) is 6.78. The van der Waals surface area contributed by atoms with Gasteiger partial charge in [-0.1, -0.05) is 11.6 Å². The zero-order valence-electron chi connectivity index (χ0n) is 11.8. The van der Waals surface area contributed by atoms with Gasteiger partial charge in [-0.2, -0.15) is 5.10 Å². The number of hydrogen-bond acceptors (Lipinski definition) is 3. The average molecular weight is 294 g/mol. The van der Waals surface area contributed by atoms with Gasteiger partial charge in [0.05, 0.1) is 6.20 Å². The molecule has 108 valence electrons. The summed E-state index contributed by atoms with van der Waals surface area (Å²) >= 11 is 5.85. The van der Waals surface area contributed by atoms with Crippen molar-refractivity contribution in [2.24, 2.45) is 0 Å². The fourth-order valence-electron chi connectivity index (χ4n) is 1.94. The van der Waals surface area contributed by atoms with Crippen molar-refractivity contribution in [2.75, 3.05) is 13.7 Å². The SMILES string of the molecule is CCn1cc(CC(COc2ccc(Cl)cc2)NC)cn1. The Hall–Kier alpha value is -1.52. The summed E-state index contributed by atoms with van der Waals surface area (Å²) in [6, 6.07) is 7.67. The van der Waals surface area contributed by atoms with Crippen LogP contribution in [-0.4, -0.2) is 29.5 Å². The number of hydrogen-bond donors (Lipinski definition) is 1. The Labute approximate surface area is 124 Å². The molecule has 0 aliphatic rings. The van der Waals surface area contributed by atoms with Gasteiger partial charge in [0.15, 0.2) is 0 Å². The van der Waals surface area contributed by atoms with Crippen molar-refractivity contribution in [3.63, 3.8) is 0 Å². The third-order valence-corrected chi connectivity index (χ3v) is 3.42. The Kier molecular flexibility index (Phi) is 5.44. The molecule has 0 aliphatic carbocycles. The van der Waals surface area contributed by atoms with Crippen LogP contribution < -0.4 is 10.1 Å². The topological polar surface area (TPSA) is 39.1 Å². The largest absolute Gasteiger partial charge is 0.492 e. The Morgan fingerprint density at radius 2 is 2.10 bits per heavy atom. The number of halogens is 1. The number of likely N-dealkylation sites (N-methyl/N-ethyl adjacent to an activating group) is 1. The summed E-state index contributed by atoms with van der Waals surface area (Å²) in [6.45, 7) is 3.58. The van der Waals surface area contributed by atoms with Crippen molar-refractivity contribution >= 4 is 11.6 Å². The molecule has 0 spiro atoms. The van der Waals surface area contributed by atoms with Crippen molar-refractivity contribution in [2.45, 2.75) is 25.9 Å². The summed E-state index contributed by atoms with van der Waals surface area (Å²) in [7, 11) is 1.94. The van der Waals surface area contributed by atoms with Crippen LogP contribution >= 0.6 is 11.6 Å². The van der Waals surface area contributed by atoms with Crippen molar-refractivity contribution in [3.8, 4) is 5.75 Å². The van der Waals surface area contributed by atoms with Crippen LogP contribution in [0.1, 0.15) is 12.5 Å². The molecule has 0 fully saturated rings. The molecule has 0 aliphatic heterocycles. The first-order chi connectivity index (χ1) is 9.71. The first kappa shape index (κ1) is 14.9. The van der Waals surface area contributed by atoms with Gasteiger partial charge in [-0.25, -0.2) is 0 Å². The Morgan fingerprint density at radius 3 is 2.70 bits per heavy atom. The lowest BCUT2D eigenvalue weighted by Gasteiger charge is -2.16. The van der Waals surface area contributed by atoms with Crippen LogP contribution in [0.15, 0.2) is 36.7 Å². The summed E-state index contributed by atoms with van der Waals surface area (Å²) in [5.41, 5.74) is 1.21. The normalized spacial score (nSPS) is 12.3. The van der Waals surface area contributed by atoms with E-state index in [9.17, 15) is 0 Å². The lowest BCUT2D eigenvalue weighted by atomic mass is 10.1. The maximum absolute atomic E-state index is 5.85. The van der Waals surface area contributed by atoms with Gasteiger partial charge in [-0.05, 0) is 50.2 Å². The number of nitrogens with zero attached hydrogens (tertiary/aromatic N) is 2. The molecule has 1 aromatic carbocycles. The molecular weight excluding hydrogens is 274 g/mol. The molecule has 0 saturated carbocycles. The minimum absolute atomic E-state index is 0.250. The Morgan fingerprint density at radius 1 is 1.35 bits per heavy atom. The number of rotatable bonds is 7. The van der Waals surface area contributed by atoms with Crippen LogP contribution in [0.4, 0.5) is 0 Å². The van der Waals surface area contributed by atoms with Gasteiger partial charge in [-0.3, -0.25) is 4.68 Å². The van der Waals surface area contributed by atoms with E-state index < -0.39 is 0 Å². The van der Waals surface area contributed by atoms with E-state index in [1.165, 1.54) is 5.56 Å². The highest BCUT2D eigenvalue weighted by atomic mass is 35.5. The first-order valence-corrected chi connectivity index (χ1v) is 7.16. The molecule has 1 atom stereocenters. The highest BCUT2D eigenvalue weighted by Crippen LogP contribution is 2.16. The van der Waals surface area contributed by atoms with Gasteiger partial charge in [0, 0.05) is 23.8 Å². The second-order valence-corrected chi connectivity index (χ2v) is 5.10. The molecule has 0 amide bonds. The second-order valence-electron chi connectivity index (χ2n) is 4.66. The van der Waals surface area contributed by atoms with E-state index in [0.29, 0.717) is 6.61 Å². The monoisotopic (exact) mass is 293 g/mol. The third-order valence-electron chi connectivity index (χ3n) is 3.17. The van der Waals surface area contributed by atoms with Crippen LogP contribution in [0, 0.1) is 0 Å². The van der Waals surface area contributed by atoms with Crippen LogP contribution in [0.2, 0.25) is 5.02 Å². The van der Waals surface area contributed by atoms with Crippen molar-refractivity contribution in [1.29, 1.82) is 0 Å². The van der Waals surface area contributed by atoms with Crippen LogP contribution in [-0.2, 0) is 13.0 Å². The van der Waals surface area contributed by atoms with E-state index in [0.717, 1.165) is 23.7 Å². The predicted molar refractivity (Wildman–Crippen MR) is 81.4 cm³/mol. The van der Waals surface area contributed by atoms with Crippen molar-refractivity contribution in [3.05, 3.63) is 47.2 Å². The Balaban J connectivity index is 1.87. The van der Waals surface area contributed by atoms with Gasteiger partial charge < -0.3 is 10.1 Å². The van der Waals surface area contributed by atoms with Gasteiger partial charge in [-0.15, -0.1) is 0 Å². The van der Waals surface area contributed by atoms with Crippen molar-refractivity contribution in [1.82, 2.24) is 15.1 Å². The fourth-order valence-corrected chi connectivity index (χ4v) is 2.07. The number of aromatic nitrogens is 2. The molecule has 5 heteroatoms. The molecule has 1 aromatic heterocycles. The van der Waals surface area contributed by atoms with Crippen molar-refractivity contribution < 1.29 is 4.74 Å². The van der Waals surface area contributed by atoms with E-state index in [1.807, 2.05) is 42.2 Å². The van der Waals surface area contributed by atoms with E-state index >= 15 is 0 Å². The number of benzene rings is 1. The minimum Gasteiger partial charge on any atom is -0.492 e. The average Bonchev–Trinajstić information content (AvgIpc) is 2.93. The number of nitrogens with one attached hydrogen (secondary N) is 1. The quantitative estimate of drug-likeness (QED) is 0.853. The summed E-state index contributed by atoms with van der Waals surface area (Å²) < 4.78 is 7.70. The molecule has 20 heavy (non-hydrogen) atoms. The highest BCUT2D eigenvalue weighted by molar-refractivity contribution is 6.30. The summed E-state index contributed by atoms with van der Waals surface area (Å²) in [5.74, 6) is 0.832. The molecule has 1 unspecified atom stereocenters. The zero-order valence-corrected chi connectivity index (χ0v) is 12.6. The molecule has 1 N–H and O–H groups in total. The third kappa shape index (κ3) is 4.25. The lowest BCUT2D eigenvalue weighted by Crippen LogP contribution is -2.33. The molecular formula is C15H20ClN3O. The van der Waals surface area contributed by atoms with E-state index in [1.54, 1.807) is 0 Å². The molecule has 2 rings (SSSR count). The molecule has 1 heterocycles. The summed E-state index contributed by atoms with van der Waals surface area (Å²) in [5, 5.41) is 8.27. The van der Waals surface area contributed by atoms with Gasteiger partial charge in [0.2, 0.25) is 0 Å². The second kappa shape index (κ2) is 7.31. The number of aryl methyl sites for hydroxylation is 1. The fraction of sp³-hybridized carbons (Fsp3) is 0.400. The molecule has 0 saturated heterocycles. The van der Waals surface area contributed by atoms with E-state index in [2.05, 4.69) is 23.5 Å². The highest BCUT2D eigenvalue weighted by Gasteiger charge is 2.10. The zero-order chi connectivity index (χ0) is 14.4.